The maximum absolute atomic E-state index is 12.9. The molecule has 5 nitrogen and oxygen atoms in total. The van der Waals surface area contributed by atoms with E-state index in [4.69, 9.17) is 4.74 Å². The Morgan fingerprint density at radius 3 is 2.70 bits per heavy atom. The van der Waals surface area contributed by atoms with Gasteiger partial charge in [-0.1, -0.05) is 24.3 Å². The molecule has 1 N–H and O–H groups in total. The Labute approximate surface area is 157 Å². The van der Waals surface area contributed by atoms with Gasteiger partial charge in [-0.15, -0.1) is 0 Å². The van der Waals surface area contributed by atoms with Crippen LogP contribution in [0, 0.1) is 0 Å². The minimum absolute atomic E-state index is 0.196. The number of hydrogen-bond donors (Lipinski definition) is 1. The number of nitrogens with one attached hydrogen (secondary N) is 1. The highest BCUT2D eigenvalue weighted by atomic mass is 16.5. The van der Waals surface area contributed by atoms with Gasteiger partial charge in [0.1, 0.15) is 11.3 Å². The van der Waals surface area contributed by atoms with E-state index in [0.717, 1.165) is 36.2 Å². The number of rotatable bonds is 4. The maximum Gasteiger partial charge on any atom is 0.257 e. The number of benzene rings is 2. The van der Waals surface area contributed by atoms with Crippen LogP contribution in [0.1, 0.15) is 40.9 Å². The maximum atomic E-state index is 12.9. The van der Waals surface area contributed by atoms with Crippen molar-refractivity contribution in [1.29, 1.82) is 0 Å². The summed E-state index contributed by atoms with van der Waals surface area (Å²) in [5, 5.41) is 3.57. The first-order valence-electron chi connectivity index (χ1n) is 9.18. The second-order valence-electron chi connectivity index (χ2n) is 6.95. The molecule has 3 aromatic rings. The van der Waals surface area contributed by atoms with Gasteiger partial charge in [0.2, 0.25) is 5.43 Å². The molecule has 0 fully saturated rings. The van der Waals surface area contributed by atoms with Crippen molar-refractivity contribution in [1.82, 2.24) is 9.88 Å². The van der Waals surface area contributed by atoms with Gasteiger partial charge >= 0.3 is 0 Å². The predicted molar refractivity (Wildman–Crippen MR) is 105 cm³/mol. The number of pyridine rings is 1. The summed E-state index contributed by atoms with van der Waals surface area (Å²) in [6, 6.07) is 13.1. The zero-order chi connectivity index (χ0) is 19.0. The lowest BCUT2D eigenvalue weighted by Gasteiger charge is -2.21. The molecular weight excluding hydrogens is 340 g/mol. The fraction of sp³-hybridized carbons (Fsp3) is 0.273. The number of aromatic nitrogens is 1. The number of nitrogens with zero attached hydrogens (tertiary/aromatic N) is 1. The van der Waals surface area contributed by atoms with Crippen molar-refractivity contribution in [2.45, 2.75) is 32.4 Å². The average Bonchev–Trinajstić information content (AvgIpc) is 2.70. The lowest BCUT2D eigenvalue weighted by atomic mass is 9.99. The van der Waals surface area contributed by atoms with Gasteiger partial charge in [-0.25, -0.2) is 0 Å². The van der Waals surface area contributed by atoms with E-state index in [1.54, 1.807) is 13.3 Å². The van der Waals surface area contributed by atoms with Gasteiger partial charge in [-0.05, 0) is 49.1 Å². The number of amides is 1. The van der Waals surface area contributed by atoms with E-state index in [1.165, 1.54) is 5.56 Å². The summed E-state index contributed by atoms with van der Waals surface area (Å²) in [4.78, 5) is 25.8. The van der Waals surface area contributed by atoms with Crippen LogP contribution < -0.4 is 15.5 Å². The molecular formula is C22H22N2O3. The molecule has 2 heterocycles. The Bertz CT molecular complexity index is 1070. The first-order valence-corrected chi connectivity index (χ1v) is 9.18. The fourth-order valence-electron chi connectivity index (χ4n) is 3.77. The molecule has 2 aromatic carbocycles. The molecule has 1 amide bonds. The lowest BCUT2D eigenvalue weighted by molar-refractivity contribution is 0.0938. The number of carbonyl (C=O) groups is 1. The Hall–Kier alpha value is -3.08. The molecule has 5 heteroatoms. The number of aryl methyl sites for hydroxylation is 2. The van der Waals surface area contributed by atoms with E-state index < -0.39 is 0 Å². The van der Waals surface area contributed by atoms with Gasteiger partial charge in [-0.2, -0.15) is 0 Å². The summed E-state index contributed by atoms with van der Waals surface area (Å²) in [5.74, 6) is 0.421. The van der Waals surface area contributed by atoms with Crippen molar-refractivity contribution >= 4 is 16.8 Å². The lowest BCUT2D eigenvalue weighted by Crippen LogP contribution is -2.32. The highest BCUT2D eigenvalue weighted by molar-refractivity contribution is 5.98. The van der Waals surface area contributed by atoms with Crippen LogP contribution in [0.2, 0.25) is 0 Å². The summed E-state index contributed by atoms with van der Waals surface area (Å²) < 4.78 is 7.21. The van der Waals surface area contributed by atoms with Gasteiger partial charge in [0, 0.05) is 18.1 Å². The minimum atomic E-state index is -0.343. The molecule has 138 valence electrons. The smallest absolute Gasteiger partial charge is 0.257 e. The molecule has 0 radical (unpaired) electrons. The number of carbonyl (C=O) groups excluding carboxylic acids is 1. The molecule has 27 heavy (non-hydrogen) atoms. The van der Waals surface area contributed by atoms with Gasteiger partial charge in [0.25, 0.3) is 5.91 Å². The molecule has 0 saturated carbocycles. The number of methoxy groups -OCH3 is 1. The third-order valence-corrected chi connectivity index (χ3v) is 5.23. The van der Waals surface area contributed by atoms with Gasteiger partial charge in [0.05, 0.1) is 18.7 Å². The highest BCUT2D eigenvalue weighted by Gasteiger charge is 2.20. The minimum Gasteiger partial charge on any atom is -0.497 e. The third kappa shape index (κ3) is 3.10. The van der Waals surface area contributed by atoms with Crippen LogP contribution in [0.5, 0.6) is 5.75 Å². The predicted octanol–water partition coefficient (Wildman–Crippen LogP) is 3.45. The van der Waals surface area contributed by atoms with Gasteiger partial charge in [-0.3, -0.25) is 9.59 Å². The standard InChI is InChI=1S/C22H22N2O3/c1-14(15-8-10-17(27-2)11-9-15)23-22(26)19-13-24-12-4-6-16-5-3-7-18(20(16)24)21(19)25/h3,5,7-11,13-14H,4,6,12H2,1-2H3,(H,23,26). The average molecular weight is 362 g/mol. The van der Waals surface area contributed by atoms with Crippen molar-refractivity contribution in [3.63, 3.8) is 0 Å². The third-order valence-electron chi connectivity index (χ3n) is 5.23. The zero-order valence-corrected chi connectivity index (χ0v) is 15.5. The SMILES string of the molecule is COc1ccc(C(C)NC(=O)c2cn3c4c(cccc4c2=O)CCC3)cc1. The number of ether oxygens (including phenoxy) is 1. The number of para-hydroxylation sites is 1. The van der Waals surface area contributed by atoms with E-state index in [0.29, 0.717) is 5.39 Å². The molecule has 1 aliphatic rings. The van der Waals surface area contributed by atoms with Crippen LogP contribution >= 0.6 is 0 Å². The van der Waals surface area contributed by atoms with Crippen LogP contribution in [0.3, 0.4) is 0 Å². The molecule has 1 aliphatic heterocycles. The Balaban J connectivity index is 1.66. The molecule has 1 unspecified atom stereocenters. The molecule has 4 rings (SSSR count). The first kappa shape index (κ1) is 17.3. The van der Waals surface area contributed by atoms with Crippen molar-refractivity contribution in [2.24, 2.45) is 0 Å². The van der Waals surface area contributed by atoms with E-state index in [2.05, 4.69) is 11.4 Å². The van der Waals surface area contributed by atoms with Crippen molar-refractivity contribution < 1.29 is 9.53 Å². The van der Waals surface area contributed by atoms with Crippen molar-refractivity contribution in [2.75, 3.05) is 7.11 Å². The summed E-state index contributed by atoms with van der Waals surface area (Å²) in [6.45, 7) is 2.72. The Kier molecular flexibility index (Phi) is 4.44. The second kappa shape index (κ2) is 6.91. The van der Waals surface area contributed by atoms with Crippen molar-refractivity contribution in [3.8, 4) is 5.75 Å². The summed E-state index contributed by atoms with van der Waals surface area (Å²) >= 11 is 0. The summed E-state index contributed by atoms with van der Waals surface area (Å²) in [6.07, 6.45) is 3.69. The highest BCUT2D eigenvalue weighted by Crippen LogP contribution is 2.24. The largest absolute Gasteiger partial charge is 0.497 e. The number of hydrogen-bond acceptors (Lipinski definition) is 3. The monoisotopic (exact) mass is 362 g/mol. The molecule has 1 atom stereocenters. The van der Waals surface area contributed by atoms with E-state index in [-0.39, 0.29) is 22.9 Å². The molecule has 0 spiro atoms. The van der Waals surface area contributed by atoms with Gasteiger partial charge < -0.3 is 14.6 Å². The van der Waals surface area contributed by atoms with E-state index in [9.17, 15) is 9.59 Å². The van der Waals surface area contributed by atoms with Crippen LogP contribution in [0.15, 0.2) is 53.5 Å². The molecule has 0 aliphatic carbocycles. The zero-order valence-electron chi connectivity index (χ0n) is 15.5. The van der Waals surface area contributed by atoms with Crippen LogP contribution in [-0.2, 0) is 13.0 Å². The fourth-order valence-corrected chi connectivity index (χ4v) is 3.77. The molecule has 0 bridgehead atoms. The van der Waals surface area contributed by atoms with E-state index >= 15 is 0 Å². The van der Waals surface area contributed by atoms with Crippen LogP contribution in [-0.4, -0.2) is 17.6 Å². The summed E-state index contributed by atoms with van der Waals surface area (Å²) in [7, 11) is 1.62. The van der Waals surface area contributed by atoms with E-state index in [1.807, 2.05) is 47.9 Å². The topological polar surface area (TPSA) is 60.3 Å². The van der Waals surface area contributed by atoms with Gasteiger partial charge in [0.15, 0.2) is 0 Å². The Morgan fingerprint density at radius 1 is 1.19 bits per heavy atom. The first-order chi connectivity index (χ1) is 13.1. The second-order valence-corrected chi connectivity index (χ2v) is 6.95. The normalized spacial score (nSPS) is 14.0. The van der Waals surface area contributed by atoms with Crippen LogP contribution in [0.25, 0.3) is 10.9 Å². The Morgan fingerprint density at radius 2 is 1.96 bits per heavy atom. The van der Waals surface area contributed by atoms with Crippen LogP contribution in [0.4, 0.5) is 0 Å². The molecule has 0 saturated heterocycles. The quantitative estimate of drug-likeness (QED) is 0.773. The van der Waals surface area contributed by atoms with Crippen molar-refractivity contribution in [3.05, 3.63) is 75.6 Å². The summed E-state index contributed by atoms with van der Waals surface area (Å²) in [5.41, 5.74) is 3.09. The molecule has 1 aromatic heterocycles.